The van der Waals surface area contributed by atoms with Crippen LogP contribution in [0.3, 0.4) is 0 Å². The van der Waals surface area contributed by atoms with Crippen molar-refractivity contribution in [3.05, 3.63) is 12.2 Å². The van der Waals surface area contributed by atoms with E-state index in [0.29, 0.717) is 5.92 Å². The van der Waals surface area contributed by atoms with E-state index in [9.17, 15) is 0 Å². The molecule has 0 aliphatic carbocycles. The van der Waals surface area contributed by atoms with Gasteiger partial charge in [0.2, 0.25) is 0 Å². The van der Waals surface area contributed by atoms with Crippen LogP contribution in [0.1, 0.15) is 60.7 Å². The molecule has 0 aromatic carbocycles. The van der Waals surface area contributed by atoms with E-state index in [0.717, 1.165) is 31.8 Å². The van der Waals surface area contributed by atoms with E-state index in [2.05, 4.69) is 68.5 Å². The predicted octanol–water partition coefficient (Wildman–Crippen LogP) is 3.28. The van der Waals surface area contributed by atoms with Crippen molar-refractivity contribution in [2.45, 2.75) is 73.4 Å². The summed E-state index contributed by atoms with van der Waals surface area (Å²) in [5.41, 5.74) is 0.372. The van der Waals surface area contributed by atoms with Gasteiger partial charge >= 0.3 is 0 Å². The Hall–Kier alpha value is -0.900. The number of nitrogens with zero attached hydrogens (tertiary/aromatic N) is 3. The third kappa shape index (κ3) is 5.61. The average molecular weight is 280 g/mol. The van der Waals surface area contributed by atoms with Gasteiger partial charge in [0.1, 0.15) is 12.2 Å². The first-order valence-electron chi connectivity index (χ1n) is 7.77. The Labute approximate surface area is 124 Å². The summed E-state index contributed by atoms with van der Waals surface area (Å²) in [7, 11) is 0. The smallest absolute Gasteiger partial charge is 0.138 e. The summed E-state index contributed by atoms with van der Waals surface area (Å²) in [6.45, 7) is 17.6. The Morgan fingerprint density at radius 2 is 1.90 bits per heavy atom. The third-order valence-corrected chi connectivity index (χ3v) is 3.72. The second-order valence-electron chi connectivity index (χ2n) is 7.70. The lowest BCUT2D eigenvalue weighted by molar-refractivity contribution is 0.246. The summed E-state index contributed by atoms with van der Waals surface area (Å²) < 4.78 is 2.07. The third-order valence-electron chi connectivity index (χ3n) is 3.72. The second-order valence-corrected chi connectivity index (χ2v) is 7.70. The van der Waals surface area contributed by atoms with Crippen LogP contribution in [0.25, 0.3) is 0 Å². The fourth-order valence-electron chi connectivity index (χ4n) is 2.10. The van der Waals surface area contributed by atoms with Crippen molar-refractivity contribution in [2.75, 3.05) is 6.54 Å². The fraction of sp³-hybridized carbons (Fsp3) is 0.875. The van der Waals surface area contributed by atoms with Gasteiger partial charge in [0, 0.05) is 25.0 Å². The van der Waals surface area contributed by atoms with Crippen LogP contribution in [0.15, 0.2) is 6.33 Å². The van der Waals surface area contributed by atoms with Gasteiger partial charge in [-0.1, -0.05) is 27.7 Å². The van der Waals surface area contributed by atoms with Gasteiger partial charge in [0.05, 0.1) is 0 Å². The molecule has 0 aliphatic rings. The van der Waals surface area contributed by atoms with Gasteiger partial charge in [-0.2, -0.15) is 5.10 Å². The van der Waals surface area contributed by atoms with Gasteiger partial charge in [-0.05, 0) is 38.5 Å². The lowest BCUT2D eigenvalue weighted by Crippen LogP contribution is -2.43. The maximum Gasteiger partial charge on any atom is 0.138 e. The minimum absolute atomic E-state index is 0.155. The first kappa shape index (κ1) is 17.2. The Morgan fingerprint density at radius 1 is 1.25 bits per heavy atom. The van der Waals surface area contributed by atoms with E-state index in [1.807, 2.05) is 0 Å². The Morgan fingerprint density at radius 3 is 2.40 bits per heavy atom. The SMILES string of the molecule is CCC(C)(CNC(C)(C)C)Cc1ncnn1CC(C)C. The Kier molecular flexibility index (Phi) is 5.75. The molecule has 0 saturated heterocycles. The molecular formula is C16H32N4. The van der Waals surface area contributed by atoms with Crippen LogP contribution in [0.5, 0.6) is 0 Å². The number of hydrogen-bond donors (Lipinski definition) is 1. The highest BCUT2D eigenvalue weighted by Gasteiger charge is 2.27. The molecule has 1 N–H and O–H groups in total. The molecule has 0 saturated carbocycles. The Bertz CT molecular complexity index is 403. The maximum atomic E-state index is 4.47. The first-order chi connectivity index (χ1) is 9.15. The number of rotatable bonds is 7. The van der Waals surface area contributed by atoms with Crippen molar-refractivity contribution in [1.82, 2.24) is 20.1 Å². The monoisotopic (exact) mass is 280 g/mol. The van der Waals surface area contributed by atoms with Crippen molar-refractivity contribution in [3.8, 4) is 0 Å². The van der Waals surface area contributed by atoms with Crippen LogP contribution in [0.4, 0.5) is 0 Å². The molecule has 20 heavy (non-hydrogen) atoms. The lowest BCUT2D eigenvalue weighted by atomic mass is 9.83. The van der Waals surface area contributed by atoms with Crippen LogP contribution in [-0.2, 0) is 13.0 Å². The van der Waals surface area contributed by atoms with Crippen molar-refractivity contribution < 1.29 is 0 Å². The average Bonchev–Trinajstić information content (AvgIpc) is 2.72. The van der Waals surface area contributed by atoms with Gasteiger partial charge in [0.15, 0.2) is 0 Å². The minimum atomic E-state index is 0.155. The lowest BCUT2D eigenvalue weighted by Gasteiger charge is -2.32. The van der Waals surface area contributed by atoms with Gasteiger partial charge in [-0.3, -0.25) is 0 Å². The predicted molar refractivity (Wildman–Crippen MR) is 84.7 cm³/mol. The van der Waals surface area contributed by atoms with Crippen molar-refractivity contribution in [1.29, 1.82) is 0 Å². The van der Waals surface area contributed by atoms with Gasteiger partial charge in [-0.25, -0.2) is 9.67 Å². The van der Waals surface area contributed by atoms with Gasteiger partial charge in [0.25, 0.3) is 0 Å². The summed E-state index contributed by atoms with van der Waals surface area (Å²) in [6, 6.07) is 0. The zero-order valence-electron chi connectivity index (χ0n) is 14.3. The largest absolute Gasteiger partial charge is 0.312 e. The topological polar surface area (TPSA) is 42.7 Å². The molecule has 1 rings (SSSR count). The van der Waals surface area contributed by atoms with E-state index in [4.69, 9.17) is 0 Å². The standard InChI is InChI=1S/C16H32N4/c1-8-16(7,11-18-15(4,5)6)9-14-17-12-19-20(14)10-13(2)3/h12-13,18H,8-11H2,1-7H3. The number of hydrogen-bond acceptors (Lipinski definition) is 3. The number of nitrogens with one attached hydrogen (secondary N) is 1. The van der Waals surface area contributed by atoms with Crippen molar-refractivity contribution >= 4 is 0 Å². The van der Waals surface area contributed by atoms with E-state index >= 15 is 0 Å². The molecule has 0 radical (unpaired) electrons. The van der Waals surface area contributed by atoms with E-state index in [-0.39, 0.29) is 11.0 Å². The normalized spacial score (nSPS) is 15.6. The highest BCUT2D eigenvalue weighted by molar-refractivity contribution is 4.94. The van der Waals surface area contributed by atoms with E-state index < -0.39 is 0 Å². The molecule has 1 unspecified atom stereocenters. The number of aromatic nitrogens is 3. The van der Waals surface area contributed by atoms with Crippen molar-refractivity contribution in [3.63, 3.8) is 0 Å². The highest BCUT2D eigenvalue weighted by atomic mass is 15.3. The van der Waals surface area contributed by atoms with E-state index in [1.54, 1.807) is 6.33 Å². The Balaban J connectivity index is 2.74. The van der Waals surface area contributed by atoms with Crippen LogP contribution in [0.2, 0.25) is 0 Å². The van der Waals surface area contributed by atoms with E-state index in [1.165, 1.54) is 0 Å². The molecule has 1 atom stereocenters. The quantitative estimate of drug-likeness (QED) is 0.833. The molecule has 4 heteroatoms. The summed E-state index contributed by atoms with van der Waals surface area (Å²) in [5.74, 6) is 1.70. The van der Waals surface area contributed by atoms with Gasteiger partial charge < -0.3 is 5.32 Å². The fourth-order valence-corrected chi connectivity index (χ4v) is 2.10. The summed E-state index contributed by atoms with van der Waals surface area (Å²) in [4.78, 5) is 4.47. The van der Waals surface area contributed by atoms with Crippen LogP contribution >= 0.6 is 0 Å². The summed E-state index contributed by atoms with van der Waals surface area (Å²) >= 11 is 0. The minimum Gasteiger partial charge on any atom is -0.312 e. The van der Waals surface area contributed by atoms with Crippen LogP contribution in [-0.4, -0.2) is 26.8 Å². The molecule has 1 aromatic rings. The maximum absolute atomic E-state index is 4.47. The molecule has 0 spiro atoms. The molecule has 0 fully saturated rings. The zero-order chi connectivity index (χ0) is 15.4. The molecular weight excluding hydrogens is 248 g/mol. The summed E-state index contributed by atoms with van der Waals surface area (Å²) in [5, 5.41) is 8.00. The van der Waals surface area contributed by atoms with Crippen molar-refractivity contribution in [2.24, 2.45) is 11.3 Å². The van der Waals surface area contributed by atoms with Crippen LogP contribution in [0, 0.1) is 11.3 Å². The summed E-state index contributed by atoms with van der Waals surface area (Å²) in [6.07, 6.45) is 3.79. The molecule has 4 nitrogen and oxygen atoms in total. The second kappa shape index (κ2) is 6.70. The molecule has 1 heterocycles. The molecule has 0 bridgehead atoms. The van der Waals surface area contributed by atoms with Crippen LogP contribution < -0.4 is 5.32 Å². The zero-order valence-corrected chi connectivity index (χ0v) is 14.3. The molecule has 1 aromatic heterocycles. The highest BCUT2D eigenvalue weighted by Crippen LogP contribution is 2.26. The molecule has 0 amide bonds. The van der Waals surface area contributed by atoms with Gasteiger partial charge in [-0.15, -0.1) is 0 Å². The first-order valence-corrected chi connectivity index (χ1v) is 7.77. The molecule has 0 aliphatic heterocycles. The molecule has 116 valence electrons.